The lowest BCUT2D eigenvalue weighted by Gasteiger charge is -2.21. The monoisotopic (exact) mass is 270 g/mol. The maximum atomic E-state index is 11.2. The highest BCUT2D eigenvalue weighted by molar-refractivity contribution is 5.92. The third-order valence-electron chi connectivity index (χ3n) is 3.60. The van der Waals surface area contributed by atoms with Gasteiger partial charge in [0, 0.05) is 18.2 Å². The molecule has 104 valence electrons. The number of primary amides is 1. The quantitative estimate of drug-likeness (QED) is 0.877. The summed E-state index contributed by atoms with van der Waals surface area (Å²) in [7, 11) is 0. The molecule has 0 radical (unpaired) electrons. The lowest BCUT2D eigenvalue weighted by atomic mass is 10.1. The van der Waals surface area contributed by atoms with Gasteiger partial charge in [-0.25, -0.2) is 0 Å². The summed E-state index contributed by atoms with van der Waals surface area (Å²) >= 11 is 0. The minimum absolute atomic E-state index is 0.379. The number of carbonyl (C=O) groups is 1. The first-order chi connectivity index (χ1) is 9.72. The molecule has 4 nitrogen and oxygen atoms in total. The number of carbonyl (C=O) groups excluding carboxylic acids is 1. The van der Waals surface area contributed by atoms with Crippen molar-refractivity contribution in [1.29, 1.82) is 0 Å². The molecule has 1 fully saturated rings. The molecule has 4 heteroatoms. The van der Waals surface area contributed by atoms with Crippen LogP contribution in [0.1, 0.15) is 34.5 Å². The van der Waals surface area contributed by atoms with Crippen molar-refractivity contribution < 1.29 is 9.21 Å². The maximum Gasteiger partial charge on any atom is 0.248 e. The maximum absolute atomic E-state index is 11.2. The second-order valence-electron chi connectivity index (χ2n) is 5.28. The Balaban J connectivity index is 1.73. The van der Waals surface area contributed by atoms with Gasteiger partial charge in [-0.3, -0.25) is 9.69 Å². The summed E-state index contributed by atoms with van der Waals surface area (Å²) in [4.78, 5) is 13.6. The van der Waals surface area contributed by atoms with Crippen LogP contribution in [-0.4, -0.2) is 16.8 Å². The second kappa shape index (κ2) is 5.51. The van der Waals surface area contributed by atoms with Crippen LogP contribution in [-0.2, 0) is 13.1 Å². The van der Waals surface area contributed by atoms with Crippen LogP contribution in [0.4, 0.5) is 0 Å². The van der Waals surface area contributed by atoms with E-state index < -0.39 is 0 Å². The molecule has 0 aliphatic heterocycles. The van der Waals surface area contributed by atoms with Crippen molar-refractivity contribution >= 4 is 5.91 Å². The Morgan fingerprint density at radius 2 is 2.10 bits per heavy atom. The number of nitrogens with two attached hydrogens (primary N) is 1. The van der Waals surface area contributed by atoms with E-state index in [4.69, 9.17) is 10.2 Å². The lowest BCUT2D eigenvalue weighted by molar-refractivity contribution is 0.1000. The molecule has 2 N–H and O–H groups in total. The molecule has 0 unspecified atom stereocenters. The fourth-order valence-corrected chi connectivity index (χ4v) is 2.41. The van der Waals surface area contributed by atoms with E-state index in [1.165, 1.54) is 12.8 Å². The number of furan rings is 1. The van der Waals surface area contributed by atoms with E-state index in [9.17, 15) is 4.79 Å². The summed E-state index contributed by atoms with van der Waals surface area (Å²) in [6.45, 7) is 1.62. The minimum atomic E-state index is -0.379. The molecule has 1 heterocycles. The van der Waals surface area contributed by atoms with E-state index in [1.807, 2.05) is 30.3 Å². The number of rotatable bonds is 6. The van der Waals surface area contributed by atoms with Gasteiger partial charge in [-0.1, -0.05) is 12.1 Å². The molecular weight excluding hydrogens is 252 g/mol. The van der Waals surface area contributed by atoms with E-state index >= 15 is 0 Å². The molecule has 0 spiro atoms. The molecule has 1 aliphatic carbocycles. The Hall–Kier alpha value is -2.07. The summed E-state index contributed by atoms with van der Waals surface area (Å²) < 4.78 is 5.43. The number of nitrogens with zero attached hydrogens (tertiary/aromatic N) is 1. The first kappa shape index (κ1) is 12.9. The van der Waals surface area contributed by atoms with Crippen molar-refractivity contribution in [1.82, 2.24) is 4.90 Å². The van der Waals surface area contributed by atoms with Crippen molar-refractivity contribution in [2.24, 2.45) is 5.73 Å². The van der Waals surface area contributed by atoms with E-state index in [1.54, 1.807) is 12.3 Å². The van der Waals surface area contributed by atoms with Crippen LogP contribution in [0.3, 0.4) is 0 Å². The topological polar surface area (TPSA) is 59.5 Å². The number of hydrogen-bond acceptors (Lipinski definition) is 3. The molecule has 0 saturated heterocycles. The SMILES string of the molecule is NC(=O)c1cccc(CN(Cc2ccco2)C2CC2)c1. The van der Waals surface area contributed by atoms with E-state index in [-0.39, 0.29) is 5.91 Å². The van der Waals surface area contributed by atoms with Gasteiger partial charge in [0.15, 0.2) is 0 Å². The van der Waals surface area contributed by atoms with Crippen LogP contribution in [0.2, 0.25) is 0 Å². The first-order valence-electron chi connectivity index (χ1n) is 6.87. The van der Waals surface area contributed by atoms with Crippen LogP contribution < -0.4 is 5.73 Å². The molecule has 1 aromatic heterocycles. The highest BCUT2D eigenvalue weighted by atomic mass is 16.3. The van der Waals surface area contributed by atoms with Gasteiger partial charge >= 0.3 is 0 Å². The van der Waals surface area contributed by atoms with Crippen molar-refractivity contribution in [3.63, 3.8) is 0 Å². The van der Waals surface area contributed by atoms with Gasteiger partial charge in [-0.05, 0) is 42.7 Å². The normalized spacial score (nSPS) is 14.7. The Bertz CT molecular complexity index is 588. The van der Waals surface area contributed by atoms with Gasteiger partial charge in [0.1, 0.15) is 5.76 Å². The third kappa shape index (κ3) is 3.08. The van der Waals surface area contributed by atoms with Crippen molar-refractivity contribution in [3.8, 4) is 0 Å². The Labute approximate surface area is 118 Å². The minimum Gasteiger partial charge on any atom is -0.468 e. The molecule has 1 aromatic carbocycles. The van der Waals surface area contributed by atoms with Gasteiger partial charge in [-0.2, -0.15) is 0 Å². The predicted molar refractivity (Wildman–Crippen MR) is 75.9 cm³/mol. The summed E-state index contributed by atoms with van der Waals surface area (Å²) in [5.41, 5.74) is 7.00. The summed E-state index contributed by atoms with van der Waals surface area (Å²) in [6, 6.07) is 12.1. The smallest absolute Gasteiger partial charge is 0.248 e. The number of benzene rings is 1. The summed E-state index contributed by atoms with van der Waals surface area (Å²) in [5, 5.41) is 0. The van der Waals surface area contributed by atoms with Crippen LogP contribution >= 0.6 is 0 Å². The zero-order chi connectivity index (χ0) is 13.9. The largest absolute Gasteiger partial charge is 0.468 e. The van der Waals surface area contributed by atoms with Gasteiger partial charge in [0.25, 0.3) is 0 Å². The highest BCUT2D eigenvalue weighted by Crippen LogP contribution is 2.30. The average Bonchev–Trinajstić information content (AvgIpc) is 3.17. The fraction of sp³-hybridized carbons (Fsp3) is 0.312. The molecule has 1 aliphatic rings. The zero-order valence-electron chi connectivity index (χ0n) is 11.3. The Kier molecular flexibility index (Phi) is 3.56. The molecule has 3 rings (SSSR count). The average molecular weight is 270 g/mol. The van der Waals surface area contributed by atoms with Crippen molar-refractivity contribution in [2.45, 2.75) is 32.0 Å². The van der Waals surface area contributed by atoms with E-state index in [0.29, 0.717) is 11.6 Å². The van der Waals surface area contributed by atoms with Crippen molar-refractivity contribution in [3.05, 3.63) is 59.5 Å². The molecule has 20 heavy (non-hydrogen) atoms. The molecular formula is C16H18N2O2. The standard InChI is InChI=1S/C16H18N2O2/c17-16(19)13-4-1-3-12(9-13)10-18(14-6-7-14)11-15-5-2-8-20-15/h1-5,8-9,14H,6-7,10-11H2,(H2,17,19). The Morgan fingerprint density at radius 1 is 1.25 bits per heavy atom. The number of hydrogen-bond donors (Lipinski definition) is 1. The number of amides is 1. The molecule has 0 atom stereocenters. The van der Waals surface area contributed by atoms with Crippen LogP contribution in [0.25, 0.3) is 0 Å². The van der Waals surface area contributed by atoms with Crippen LogP contribution in [0.15, 0.2) is 47.1 Å². The molecule has 1 saturated carbocycles. The predicted octanol–water partition coefficient (Wildman–Crippen LogP) is 2.54. The van der Waals surface area contributed by atoms with Gasteiger partial charge < -0.3 is 10.2 Å². The summed E-state index contributed by atoms with van der Waals surface area (Å²) in [6.07, 6.45) is 4.17. The molecule has 1 amide bonds. The van der Waals surface area contributed by atoms with Crippen LogP contribution in [0, 0.1) is 0 Å². The fourth-order valence-electron chi connectivity index (χ4n) is 2.41. The van der Waals surface area contributed by atoms with Crippen molar-refractivity contribution in [2.75, 3.05) is 0 Å². The van der Waals surface area contributed by atoms with Gasteiger partial charge in [0.05, 0.1) is 12.8 Å². The first-order valence-corrected chi connectivity index (χ1v) is 6.87. The van der Waals surface area contributed by atoms with E-state index in [0.717, 1.165) is 24.4 Å². The highest BCUT2D eigenvalue weighted by Gasteiger charge is 2.29. The summed E-state index contributed by atoms with van der Waals surface area (Å²) in [5.74, 6) is 0.596. The second-order valence-corrected chi connectivity index (χ2v) is 5.28. The van der Waals surface area contributed by atoms with E-state index in [2.05, 4.69) is 4.90 Å². The zero-order valence-corrected chi connectivity index (χ0v) is 11.3. The molecule has 0 bridgehead atoms. The van der Waals surface area contributed by atoms with Gasteiger partial charge in [-0.15, -0.1) is 0 Å². The van der Waals surface area contributed by atoms with Gasteiger partial charge in [0.2, 0.25) is 5.91 Å². The third-order valence-corrected chi connectivity index (χ3v) is 3.60. The Morgan fingerprint density at radius 3 is 2.75 bits per heavy atom. The van der Waals surface area contributed by atoms with Crippen LogP contribution in [0.5, 0.6) is 0 Å². The lowest BCUT2D eigenvalue weighted by Crippen LogP contribution is -2.25. The molecule has 2 aromatic rings.